The van der Waals surface area contributed by atoms with Gasteiger partial charge in [-0.25, -0.2) is 15.0 Å². The molecule has 1 aromatic heterocycles. The smallest absolute Gasteiger partial charge is 0.384 e. The number of aliphatic imine (C=N–C) groups is 2. The number of hydrogen-bond donors (Lipinski definition) is 1. The Morgan fingerprint density at radius 2 is 2.11 bits per heavy atom. The van der Waals surface area contributed by atoms with Gasteiger partial charge in [0.15, 0.2) is 0 Å². The van der Waals surface area contributed by atoms with Crippen molar-refractivity contribution < 1.29 is 13.2 Å². The molecule has 0 spiro atoms. The minimum absolute atomic E-state index is 0.280. The molecular weight excluding hydrogens is 245 g/mol. The number of rotatable bonds is 2. The van der Waals surface area contributed by atoms with Crippen LogP contribution in [0.5, 0.6) is 0 Å². The number of anilines is 1. The topological polar surface area (TPSA) is 63.6 Å². The Kier molecular flexibility index (Phi) is 4.19. The number of allylic oxidation sites excluding steroid dienone is 1. The minimum atomic E-state index is -4.62. The van der Waals surface area contributed by atoms with Crippen LogP contribution in [0.1, 0.15) is 12.6 Å². The van der Waals surface area contributed by atoms with Gasteiger partial charge in [0.1, 0.15) is 5.82 Å². The summed E-state index contributed by atoms with van der Waals surface area (Å²) in [5.74, 6) is -1.02. The number of amidine groups is 1. The first-order valence-corrected chi connectivity index (χ1v) is 4.86. The second-order valence-electron chi connectivity index (χ2n) is 3.37. The molecule has 1 aromatic rings. The zero-order valence-corrected chi connectivity index (χ0v) is 9.57. The fourth-order valence-corrected chi connectivity index (χ4v) is 1.10. The molecule has 96 valence electrons. The van der Waals surface area contributed by atoms with Crippen LogP contribution in [-0.2, 0) is 0 Å². The zero-order valence-electron chi connectivity index (χ0n) is 9.57. The lowest BCUT2D eigenvalue weighted by atomic mass is 10.2. The number of nitrogen functional groups attached to an aromatic ring is 1. The molecule has 0 amide bonds. The Bertz CT molecular complexity index is 503. The van der Waals surface area contributed by atoms with Crippen LogP contribution in [0.25, 0.3) is 5.57 Å². The molecule has 1 heterocycles. The highest BCUT2D eigenvalue weighted by atomic mass is 19.4. The van der Waals surface area contributed by atoms with Gasteiger partial charge in [-0.15, -0.1) is 0 Å². The quantitative estimate of drug-likeness (QED) is 0.653. The second kappa shape index (κ2) is 5.44. The molecule has 18 heavy (non-hydrogen) atoms. The van der Waals surface area contributed by atoms with E-state index in [-0.39, 0.29) is 5.82 Å². The molecule has 4 nitrogen and oxygen atoms in total. The summed E-state index contributed by atoms with van der Waals surface area (Å²) in [6.45, 7) is 4.40. The molecular formula is C11H11F3N4. The van der Waals surface area contributed by atoms with Crippen molar-refractivity contribution in [1.82, 2.24) is 4.98 Å². The Morgan fingerprint density at radius 1 is 1.44 bits per heavy atom. The normalized spacial score (nSPS) is 13.6. The van der Waals surface area contributed by atoms with Crippen LogP contribution < -0.4 is 5.73 Å². The van der Waals surface area contributed by atoms with Crippen LogP contribution in [0, 0.1) is 0 Å². The SMILES string of the molecule is C=NC(=N/C=C(\C)c1cccc(N)n1)C(F)(F)F. The number of nitrogens with two attached hydrogens (primary N) is 1. The maximum absolute atomic E-state index is 12.3. The molecule has 2 N–H and O–H groups in total. The standard InChI is InChI=1S/C11H11F3N4/c1-7(8-4-3-5-9(15)18-8)6-17-10(16-2)11(12,13)14/h3-6H,2H2,1H3,(H2,15,18)/b7-6+,17-10?. The number of halogens is 3. The van der Waals surface area contributed by atoms with Gasteiger partial charge in [-0.3, -0.25) is 0 Å². The van der Waals surface area contributed by atoms with E-state index in [1.165, 1.54) is 0 Å². The van der Waals surface area contributed by atoms with Gasteiger partial charge in [0.25, 0.3) is 0 Å². The average Bonchev–Trinajstić information content (AvgIpc) is 2.27. The van der Waals surface area contributed by atoms with E-state index in [9.17, 15) is 13.2 Å². The maximum Gasteiger partial charge on any atom is 0.451 e. The van der Waals surface area contributed by atoms with E-state index in [4.69, 9.17) is 5.73 Å². The summed E-state index contributed by atoms with van der Waals surface area (Å²) in [6.07, 6.45) is -3.60. The Morgan fingerprint density at radius 3 is 2.61 bits per heavy atom. The van der Waals surface area contributed by atoms with Crippen molar-refractivity contribution in [3.05, 3.63) is 30.1 Å². The minimum Gasteiger partial charge on any atom is -0.384 e. The van der Waals surface area contributed by atoms with Crippen molar-refractivity contribution in [3.63, 3.8) is 0 Å². The Hall–Kier alpha value is -2.18. The summed E-state index contributed by atoms with van der Waals surface area (Å²) >= 11 is 0. The molecule has 0 unspecified atom stereocenters. The van der Waals surface area contributed by atoms with Crippen LogP contribution in [0.15, 0.2) is 34.4 Å². The highest BCUT2D eigenvalue weighted by Gasteiger charge is 2.35. The van der Waals surface area contributed by atoms with Crippen molar-refractivity contribution in [2.24, 2.45) is 9.98 Å². The van der Waals surface area contributed by atoms with Crippen LogP contribution >= 0.6 is 0 Å². The number of hydrogen-bond acceptors (Lipinski definition) is 3. The van der Waals surface area contributed by atoms with E-state index >= 15 is 0 Å². The van der Waals surface area contributed by atoms with Crippen molar-refractivity contribution >= 4 is 23.9 Å². The first-order valence-electron chi connectivity index (χ1n) is 4.86. The zero-order chi connectivity index (χ0) is 13.8. The van der Waals surface area contributed by atoms with Crippen molar-refractivity contribution in [3.8, 4) is 0 Å². The third-order valence-electron chi connectivity index (χ3n) is 1.96. The Balaban J connectivity index is 3.03. The predicted octanol–water partition coefficient (Wildman–Crippen LogP) is 2.69. The van der Waals surface area contributed by atoms with E-state index in [0.717, 1.165) is 6.20 Å². The second-order valence-corrected chi connectivity index (χ2v) is 3.37. The summed E-state index contributed by atoms with van der Waals surface area (Å²) < 4.78 is 36.9. The largest absolute Gasteiger partial charge is 0.451 e. The maximum atomic E-state index is 12.3. The highest BCUT2D eigenvalue weighted by molar-refractivity contribution is 5.91. The number of nitrogens with zero attached hydrogens (tertiary/aromatic N) is 3. The summed E-state index contributed by atoms with van der Waals surface area (Å²) in [4.78, 5) is 10.0. The molecule has 1 rings (SSSR count). The van der Waals surface area contributed by atoms with E-state index < -0.39 is 12.0 Å². The van der Waals surface area contributed by atoms with E-state index in [1.54, 1.807) is 25.1 Å². The van der Waals surface area contributed by atoms with Crippen molar-refractivity contribution in [1.29, 1.82) is 0 Å². The molecule has 7 heteroatoms. The van der Waals surface area contributed by atoms with Gasteiger partial charge in [0.2, 0.25) is 5.84 Å². The third kappa shape index (κ3) is 3.69. The third-order valence-corrected chi connectivity index (χ3v) is 1.96. The van der Waals surface area contributed by atoms with Gasteiger partial charge in [-0.05, 0) is 31.3 Å². The van der Waals surface area contributed by atoms with Gasteiger partial charge >= 0.3 is 6.18 Å². The summed E-state index contributed by atoms with van der Waals surface area (Å²) in [7, 11) is 0. The van der Waals surface area contributed by atoms with Gasteiger partial charge in [0, 0.05) is 6.20 Å². The van der Waals surface area contributed by atoms with Crippen LogP contribution in [0.4, 0.5) is 19.0 Å². The van der Waals surface area contributed by atoms with Crippen LogP contribution in [0.2, 0.25) is 0 Å². The van der Waals surface area contributed by atoms with Gasteiger partial charge in [-0.2, -0.15) is 13.2 Å². The summed E-state index contributed by atoms with van der Waals surface area (Å²) in [6, 6.07) is 4.84. The van der Waals surface area contributed by atoms with Crippen LogP contribution in [-0.4, -0.2) is 23.7 Å². The van der Waals surface area contributed by atoms with E-state index in [0.29, 0.717) is 11.3 Å². The van der Waals surface area contributed by atoms with E-state index in [2.05, 4.69) is 21.7 Å². The molecule has 0 aromatic carbocycles. The molecule has 0 radical (unpaired) electrons. The monoisotopic (exact) mass is 256 g/mol. The lowest BCUT2D eigenvalue weighted by Crippen LogP contribution is -2.20. The van der Waals surface area contributed by atoms with Gasteiger partial charge in [0.05, 0.1) is 5.69 Å². The van der Waals surface area contributed by atoms with E-state index in [1.807, 2.05) is 0 Å². The van der Waals surface area contributed by atoms with Crippen molar-refractivity contribution in [2.45, 2.75) is 13.1 Å². The molecule has 0 atom stereocenters. The molecule has 0 bridgehead atoms. The molecule has 0 saturated heterocycles. The molecule has 0 aliphatic heterocycles. The number of pyridine rings is 1. The van der Waals surface area contributed by atoms with Crippen molar-refractivity contribution in [2.75, 3.05) is 5.73 Å². The highest BCUT2D eigenvalue weighted by Crippen LogP contribution is 2.19. The van der Waals surface area contributed by atoms with Gasteiger partial charge < -0.3 is 5.73 Å². The fourth-order valence-electron chi connectivity index (χ4n) is 1.10. The Labute approximate surface area is 102 Å². The predicted molar refractivity (Wildman–Crippen MR) is 65.3 cm³/mol. The average molecular weight is 256 g/mol. The summed E-state index contributed by atoms with van der Waals surface area (Å²) in [5, 5.41) is 0. The summed E-state index contributed by atoms with van der Waals surface area (Å²) in [5.41, 5.74) is 6.35. The molecule has 0 fully saturated rings. The number of aromatic nitrogens is 1. The lowest BCUT2D eigenvalue weighted by Gasteiger charge is -2.04. The first kappa shape index (κ1) is 13.9. The van der Waals surface area contributed by atoms with Gasteiger partial charge in [-0.1, -0.05) is 6.07 Å². The fraction of sp³-hybridized carbons (Fsp3) is 0.182. The van der Waals surface area contributed by atoms with Crippen LogP contribution in [0.3, 0.4) is 0 Å². The molecule has 0 saturated carbocycles. The number of alkyl halides is 3. The first-order chi connectivity index (χ1) is 8.34. The lowest BCUT2D eigenvalue weighted by molar-refractivity contribution is -0.0596. The molecule has 0 aliphatic rings. The molecule has 0 aliphatic carbocycles.